The third-order valence-corrected chi connectivity index (χ3v) is 5.02. The summed E-state index contributed by atoms with van der Waals surface area (Å²) in [6.45, 7) is 6.58. The average molecular weight is 370 g/mol. The zero-order valence-corrected chi connectivity index (χ0v) is 15.8. The van der Waals surface area contributed by atoms with Crippen molar-refractivity contribution in [2.75, 3.05) is 11.9 Å². The molecule has 1 aliphatic heterocycles. The van der Waals surface area contributed by atoms with Crippen LogP contribution in [-0.2, 0) is 11.0 Å². The van der Waals surface area contributed by atoms with E-state index < -0.39 is 17.8 Å². The van der Waals surface area contributed by atoms with Gasteiger partial charge in [0.15, 0.2) is 0 Å². The van der Waals surface area contributed by atoms with Gasteiger partial charge in [0.05, 0.1) is 5.56 Å². The van der Waals surface area contributed by atoms with E-state index in [0.29, 0.717) is 17.7 Å². The molecule has 0 spiro atoms. The van der Waals surface area contributed by atoms with Crippen LogP contribution in [0.15, 0.2) is 18.2 Å². The second-order valence-electron chi connectivity index (χ2n) is 7.16. The van der Waals surface area contributed by atoms with Crippen molar-refractivity contribution in [3.8, 4) is 0 Å². The summed E-state index contributed by atoms with van der Waals surface area (Å²) in [5.41, 5.74) is 0.199. The van der Waals surface area contributed by atoms with Crippen molar-refractivity contribution in [2.45, 2.75) is 77.6 Å². The first-order valence-electron chi connectivity index (χ1n) is 9.52. The lowest BCUT2D eigenvalue weighted by Gasteiger charge is -2.38. The predicted molar refractivity (Wildman–Crippen MR) is 98.1 cm³/mol. The number of likely N-dealkylation sites (tertiary alicyclic amines) is 1. The van der Waals surface area contributed by atoms with Gasteiger partial charge in [-0.15, -0.1) is 0 Å². The minimum Gasteiger partial charge on any atom is -0.374 e. The molecule has 1 aromatic rings. The molecule has 1 heterocycles. The number of unbranched alkanes of at least 4 members (excludes halogenated alkanes) is 1. The van der Waals surface area contributed by atoms with Crippen LogP contribution in [0.2, 0.25) is 0 Å². The molecule has 0 saturated carbocycles. The molecule has 3 nitrogen and oxygen atoms in total. The SMILES string of the molecule is CCCC[C@H](CC)N1CCC[C@@H](Nc2cc(C)cc(C(F)(F)F)c2)C1=O. The Labute approximate surface area is 154 Å². The number of anilines is 1. The molecule has 0 aromatic heterocycles. The number of alkyl halides is 3. The van der Waals surface area contributed by atoms with Crippen LogP contribution in [0.5, 0.6) is 0 Å². The third-order valence-electron chi connectivity index (χ3n) is 5.02. The smallest absolute Gasteiger partial charge is 0.374 e. The van der Waals surface area contributed by atoms with Crippen molar-refractivity contribution in [3.63, 3.8) is 0 Å². The van der Waals surface area contributed by atoms with E-state index in [0.717, 1.165) is 50.8 Å². The first kappa shape index (κ1) is 20.6. The van der Waals surface area contributed by atoms with Crippen molar-refractivity contribution in [1.29, 1.82) is 0 Å². The number of nitrogens with zero attached hydrogens (tertiary/aromatic N) is 1. The molecule has 26 heavy (non-hydrogen) atoms. The number of nitrogens with one attached hydrogen (secondary N) is 1. The van der Waals surface area contributed by atoms with Gasteiger partial charge in [0.2, 0.25) is 5.91 Å². The number of amides is 1. The van der Waals surface area contributed by atoms with Crippen molar-refractivity contribution < 1.29 is 18.0 Å². The van der Waals surface area contributed by atoms with Crippen LogP contribution in [0.25, 0.3) is 0 Å². The normalized spacial score (nSPS) is 19.5. The van der Waals surface area contributed by atoms with E-state index in [9.17, 15) is 18.0 Å². The molecule has 6 heteroatoms. The van der Waals surface area contributed by atoms with Crippen LogP contribution in [0.1, 0.15) is 63.5 Å². The number of benzene rings is 1. The van der Waals surface area contributed by atoms with E-state index in [4.69, 9.17) is 0 Å². The number of hydrogen-bond donors (Lipinski definition) is 1. The number of carbonyl (C=O) groups is 1. The number of carbonyl (C=O) groups excluding carboxylic acids is 1. The van der Waals surface area contributed by atoms with Crippen LogP contribution in [0, 0.1) is 6.92 Å². The van der Waals surface area contributed by atoms with Crippen LogP contribution < -0.4 is 5.32 Å². The van der Waals surface area contributed by atoms with Gasteiger partial charge in [0.25, 0.3) is 0 Å². The molecule has 0 unspecified atom stereocenters. The highest BCUT2D eigenvalue weighted by Gasteiger charge is 2.34. The van der Waals surface area contributed by atoms with E-state index in [2.05, 4.69) is 19.2 Å². The van der Waals surface area contributed by atoms with Crippen molar-refractivity contribution >= 4 is 11.6 Å². The maximum Gasteiger partial charge on any atom is 0.416 e. The molecule has 0 radical (unpaired) electrons. The van der Waals surface area contributed by atoms with E-state index in [1.54, 1.807) is 13.0 Å². The van der Waals surface area contributed by atoms with Crippen LogP contribution >= 0.6 is 0 Å². The quantitative estimate of drug-likeness (QED) is 0.698. The lowest BCUT2D eigenvalue weighted by molar-refractivity contribution is -0.137. The highest BCUT2D eigenvalue weighted by Crippen LogP contribution is 2.32. The standard InChI is InChI=1S/C20H29F3N2O/c1-4-6-8-17(5-2)25-10-7-9-18(19(25)26)24-16-12-14(3)11-15(13-16)20(21,22)23/h11-13,17-18,24H,4-10H2,1-3H3/t17-,18+/m0/s1. The summed E-state index contributed by atoms with van der Waals surface area (Å²) < 4.78 is 39.1. The number of piperidine rings is 1. The van der Waals surface area contributed by atoms with Gasteiger partial charge < -0.3 is 10.2 Å². The summed E-state index contributed by atoms with van der Waals surface area (Å²) in [5, 5.41) is 3.06. The molecule has 1 saturated heterocycles. The topological polar surface area (TPSA) is 32.3 Å². The maximum atomic E-state index is 13.0. The highest BCUT2D eigenvalue weighted by atomic mass is 19.4. The van der Waals surface area contributed by atoms with Crippen molar-refractivity contribution in [2.24, 2.45) is 0 Å². The summed E-state index contributed by atoms with van der Waals surface area (Å²) in [5.74, 6) is 0.00858. The van der Waals surface area contributed by atoms with Gasteiger partial charge in [-0.1, -0.05) is 26.7 Å². The predicted octanol–water partition coefficient (Wildman–Crippen LogP) is 5.39. The molecule has 1 N–H and O–H groups in total. The Balaban J connectivity index is 2.14. The molecule has 0 aliphatic carbocycles. The van der Waals surface area contributed by atoms with E-state index in [1.807, 2.05) is 4.90 Å². The fraction of sp³-hybridized carbons (Fsp3) is 0.650. The molecule has 1 aromatic carbocycles. The highest BCUT2D eigenvalue weighted by molar-refractivity contribution is 5.85. The Morgan fingerprint density at radius 2 is 2.00 bits per heavy atom. The lowest BCUT2D eigenvalue weighted by atomic mass is 9.98. The number of hydrogen-bond acceptors (Lipinski definition) is 2. The van der Waals surface area contributed by atoms with Gasteiger partial charge in [-0.25, -0.2) is 0 Å². The fourth-order valence-electron chi connectivity index (χ4n) is 3.65. The van der Waals surface area contributed by atoms with Gasteiger partial charge in [0, 0.05) is 18.3 Å². The van der Waals surface area contributed by atoms with Gasteiger partial charge in [-0.2, -0.15) is 13.2 Å². The monoisotopic (exact) mass is 370 g/mol. The average Bonchev–Trinajstić information content (AvgIpc) is 2.57. The molecule has 1 amide bonds. The lowest BCUT2D eigenvalue weighted by Crippen LogP contribution is -2.51. The third kappa shape index (κ3) is 5.15. The Morgan fingerprint density at radius 1 is 1.27 bits per heavy atom. The summed E-state index contributed by atoms with van der Waals surface area (Å²) >= 11 is 0. The number of halogens is 3. The first-order valence-corrected chi connectivity index (χ1v) is 9.52. The zero-order chi connectivity index (χ0) is 19.3. The van der Waals surface area contributed by atoms with Gasteiger partial charge in [0.1, 0.15) is 6.04 Å². The summed E-state index contributed by atoms with van der Waals surface area (Å²) in [4.78, 5) is 14.8. The first-order chi connectivity index (χ1) is 12.3. The molecule has 1 aliphatic rings. The minimum absolute atomic E-state index is 0.00858. The largest absolute Gasteiger partial charge is 0.416 e. The molecule has 146 valence electrons. The molecule has 1 fully saturated rings. The van der Waals surface area contributed by atoms with E-state index in [-0.39, 0.29) is 11.9 Å². The molecular formula is C20H29F3N2O. The second-order valence-corrected chi connectivity index (χ2v) is 7.16. The molecule has 2 atom stereocenters. The summed E-state index contributed by atoms with van der Waals surface area (Å²) in [6.07, 6.45) is 1.17. The Morgan fingerprint density at radius 3 is 2.62 bits per heavy atom. The van der Waals surface area contributed by atoms with Crippen LogP contribution in [0.3, 0.4) is 0 Å². The van der Waals surface area contributed by atoms with Crippen LogP contribution in [0.4, 0.5) is 18.9 Å². The fourth-order valence-corrected chi connectivity index (χ4v) is 3.65. The van der Waals surface area contributed by atoms with E-state index in [1.165, 1.54) is 0 Å². The molecular weight excluding hydrogens is 341 g/mol. The molecule has 0 bridgehead atoms. The van der Waals surface area contributed by atoms with Gasteiger partial charge in [-0.3, -0.25) is 4.79 Å². The second kappa shape index (κ2) is 8.78. The minimum atomic E-state index is -4.39. The summed E-state index contributed by atoms with van der Waals surface area (Å²) in [7, 11) is 0. The molecule has 2 rings (SSSR count). The Bertz CT molecular complexity index is 616. The maximum absolute atomic E-state index is 13.0. The summed E-state index contributed by atoms with van der Waals surface area (Å²) in [6, 6.07) is 3.64. The zero-order valence-electron chi connectivity index (χ0n) is 15.8. The van der Waals surface area contributed by atoms with Gasteiger partial charge >= 0.3 is 6.18 Å². The van der Waals surface area contributed by atoms with E-state index >= 15 is 0 Å². The Hall–Kier alpha value is -1.72. The van der Waals surface area contributed by atoms with Gasteiger partial charge in [-0.05, 0) is 56.4 Å². The number of aryl methyl sites for hydroxylation is 1. The van der Waals surface area contributed by atoms with Crippen molar-refractivity contribution in [1.82, 2.24) is 4.90 Å². The Kier molecular flexibility index (Phi) is 6.95. The van der Waals surface area contributed by atoms with Crippen LogP contribution in [-0.4, -0.2) is 29.4 Å². The van der Waals surface area contributed by atoms with Crippen molar-refractivity contribution in [3.05, 3.63) is 29.3 Å². The number of rotatable bonds is 7.